The molecule has 1 unspecified atom stereocenters. The summed E-state index contributed by atoms with van der Waals surface area (Å²) in [5.41, 5.74) is 9.44. The van der Waals surface area contributed by atoms with Crippen molar-refractivity contribution in [1.82, 2.24) is 29.5 Å². The van der Waals surface area contributed by atoms with E-state index in [-0.39, 0.29) is 22.4 Å². The van der Waals surface area contributed by atoms with Gasteiger partial charge >= 0.3 is 0 Å². The van der Waals surface area contributed by atoms with Crippen LogP contribution in [0.15, 0.2) is 52.1 Å². The second kappa shape index (κ2) is 12.4. The van der Waals surface area contributed by atoms with Crippen molar-refractivity contribution in [3.8, 4) is 16.9 Å². The third kappa shape index (κ3) is 6.25. The van der Waals surface area contributed by atoms with Crippen LogP contribution in [0, 0.1) is 5.41 Å². The second-order valence-electron chi connectivity index (χ2n) is 13.3. The van der Waals surface area contributed by atoms with Crippen LogP contribution in [-0.2, 0) is 31.2 Å². The number of thiophene rings is 1. The molecule has 5 heterocycles. The van der Waals surface area contributed by atoms with Crippen LogP contribution in [0.1, 0.15) is 36.8 Å². The number of anilines is 1. The number of nitrogens with one attached hydrogen (secondary N) is 2. The van der Waals surface area contributed by atoms with Crippen molar-refractivity contribution in [3.63, 3.8) is 0 Å². The largest absolute Gasteiger partial charge is 0.392 e. The summed E-state index contributed by atoms with van der Waals surface area (Å²) in [5.74, 6) is 0.249. The van der Waals surface area contributed by atoms with Gasteiger partial charge in [0.1, 0.15) is 16.1 Å². The number of hydrogen-bond acceptors (Lipinski definition) is 11. The molecule has 1 fully saturated rings. The quantitative estimate of drug-likeness (QED) is 0.200. The van der Waals surface area contributed by atoms with Crippen LogP contribution in [0.4, 0.5) is 5.69 Å². The van der Waals surface area contributed by atoms with Gasteiger partial charge in [0, 0.05) is 79.8 Å². The first-order valence-electron chi connectivity index (χ1n) is 15.5. The maximum atomic E-state index is 13.8. The maximum Gasteiger partial charge on any atom is 0.290 e. The Bertz CT molecular complexity index is 1940. The summed E-state index contributed by atoms with van der Waals surface area (Å²) in [7, 11) is 3.36. The van der Waals surface area contributed by atoms with Gasteiger partial charge in [0.05, 0.1) is 19.4 Å². The molecule has 1 aliphatic carbocycles. The third-order valence-corrected chi connectivity index (χ3v) is 9.90. The molecule has 1 aliphatic heterocycles. The van der Waals surface area contributed by atoms with Crippen LogP contribution >= 0.6 is 11.3 Å². The van der Waals surface area contributed by atoms with Crippen LogP contribution in [0.3, 0.4) is 0 Å². The summed E-state index contributed by atoms with van der Waals surface area (Å²) < 4.78 is 8.61. The lowest BCUT2D eigenvalue weighted by atomic mass is 9.90. The number of aromatic nitrogens is 4. The van der Waals surface area contributed by atoms with Gasteiger partial charge in [0.15, 0.2) is 5.82 Å². The van der Waals surface area contributed by atoms with Crippen LogP contribution in [0.5, 0.6) is 0 Å². The highest BCUT2D eigenvalue weighted by atomic mass is 32.1. The first kappa shape index (κ1) is 32.1. The standard InChI is InChI=1S/C33H42N8O4S/c1-32(2)14-23-24-16-37-41(31(44)28(24)46-27(23)15-32)29-25(19-42)22(6-7-36-29)20-12-26(30(43)39(4)17-20)38-33(3,34)13-21-18-40(9-8-35-21)10-11-45-5/h6-7,12-13,16-17,35,38,42H,8-11,14-15,18-19,34H2,1-5H3/b21-13-. The molecule has 1 saturated heterocycles. The zero-order valence-electron chi connectivity index (χ0n) is 27.0. The van der Waals surface area contributed by atoms with Gasteiger partial charge in [-0.2, -0.15) is 9.78 Å². The lowest BCUT2D eigenvalue weighted by Crippen LogP contribution is -2.48. The van der Waals surface area contributed by atoms with Gasteiger partial charge in [-0.3, -0.25) is 14.5 Å². The van der Waals surface area contributed by atoms with E-state index in [1.54, 1.807) is 51.8 Å². The number of aryl methyl sites for hydroxylation is 1. The van der Waals surface area contributed by atoms with E-state index in [2.05, 4.69) is 39.5 Å². The number of hydrogen-bond donors (Lipinski definition) is 4. The van der Waals surface area contributed by atoms with Crippen LogP contribution in [-0.4, -0.2) is 74.9 Å². The van der Waals surface area contributed by atoms with Gasteiger partial charge in [0.2, 0.25) is 0 Å². The van der Waals surface area contributed by atoms with Crippen molar-refractivity contribution in [1.29, 1.82) is 0 Å². The summed E-state index contributed by atoms with van der Waals surface area (Å²) in [4.78, 5) is 35.0. The number of methoxy groups -OCH3 is 1. The smallest absolute Gasteiger partial charge is 0.290 e. The molecule has 2 aliphatic rings. The Labute approximate surface area is 271 Å². The van der Waals surface area contributed by atoms with Crippen molar-refractivity contribution in [2.45, 2.75) is 45.9 Å². The molecule has 4 aromatic rings. The zero-order valence-corrected chi connectivity index (χ0v) is 27.8. The lowest BCUT2D eigenvalue weighted by Gasteiger charge is -2.32. The molecule has 6 rings (SSSR count). The van der Waals surface area contributed by atoms with Crippen molar-refractivity contribution in [2.24, 2.45) is 18.2 Å². The highest BCUT2D eigenvalue weighted by Crippen LogP contribution is 2.43. The summed E-state index contributed by atoms with van der Waals surface area (Å²) in [6.07, 6.45) is 8.76. The molecule has 0 radical (unpaired) electrons. The number of pyridine rings is 2. The van der Waals surface area contributed by atoms with E-state index in [0.717, 1.165) is 43.6 Å². The van der Waals surface area contributed by atoms with Crippen LogP contribution in [0.2, 0.25) is 0 Å². The Balaban J connectivity index is 1.34. The van der Waals surface area contributed by atoms with Crippen molar-refractivity contribution in [2.75, 3.05) is 45.2 Å². The monoisotopic (exact) mass is 646 g/mol. The molecule has 1 atom stereocenters. The second-order valence-corrected chi connectivity index (χ2v) is 14.4. The molecule has 5 N–H and O–H groups in total. The van der Waals surface area contributed by atoms with E-state index < -0.39 is 12.3 Å². The van der Waals surface area contributed by atoms with Gasteiger partial charge in [-0.1, -0.05) is 13.8 Å². The number of aliphatic hydroxyl groups is 1. The minimum absolute atomic E-state index is 0.171. The Morgan fingerprint density at radius 1 is 1.28 bits per heavy atom. The topological polar surface area (TPSA) is 153 Å². The van der Waals surface area contributed by atoms with E-state index >= 15 is 0 Å². The molecule has 46 heavy (non-hydrogen) atoms. The SMILES string of the molecule is COCCN1CCN/C(=C\C(C)(N)Nc2cc(-c3ccnc(-n4ncc5c6c(sc5c4=O)CC(C)(C)C6)c3CO)cn(C)c2=O)C1. The number of nitrogens with zero attached hydrogens (tertiary/aromatic N) is 5. The minimum Gasteiger partial charge on any atom is -0.392 e. The third-order valence-electron chi connectivity index (χ3n) is 8.66. The van der Waals surface area contributed by atoms with E-state index in [1.165, 1.54) is 31.0 Å². The Morgan fingerprint density at radius 3 is 2.85 bits per heavy atom. The fourth-order valence-corrected chi connectivity index (χ4v) is 8.01. The molecule has 0 saturated carbocycles. The Hall–Kier alpha value is -3.88. The maximum absolute atomic E-state index is 13.8. The predicted molar refractivity (Wildman–Crippen MR) is 181 cm³/mol. The number of aliphatic hydroxyl groups excluding tert-OH is 1. The molecule has 12 nitrogen and oxygen atoms in total. The molecule has 0 bridgehead atoms. The van der Waals surface area contributed by atoms with Crippen molar-refractivity contribution >= 4 is 27.1 Å². The Morgan fingerprint density at radius 2 is 2.09 bits per heavy atom. The molecule has 244 valence electrons. The normalized spacial score (nSPS) is 18.5. The predicted octanol–water partition coefficient (Wildman–Crippen LogP) is 2.35. The van der Waals surface area contributed by atoms with Gasteiger partial charge < -0.3 is 30.8 Å². The first-order chi connectivity index (χ1) is 21.9. The summed E-state index contributed by atoms with van der Waals surface area (Å²) in [6.45, 7) is 9.74. The first-order valence-corrected chi connectivity index (χ1v) is 16.3. The zero-order chi connectivity index (χ0) is 32.8. The molecule has 4 aromatic heterocycles. The van der Waals surface area contributed by atoms with E-state index in [9.17, 15) is 14.7 Å². The molecular weight excluding hydrogens is 604 g/mol. The number of rotatable bonds is 9. The highest BCUT2D eigenvalue weighted by molar-refractivity contribution is 7.19. The lowest BCUT2D eigenvalue weighted by molar-refractivity contribution is 0.146. The molecule has 13 heteroatoms. The fourth-order valence-electron chi connectivity index (χ4n) is 6.54. The minimum atomic E-state index is -1.05. The Kier molecular flexibility index (Phi) is 8.63. The van der Waals surface area contributed by atoms with Gasteiger partial charge in [-0.15, -0.1) is 11.3 Å². The van der Waals surface area contributed by atoms with Crippen molar-refractivity contribution in [3.05, 3.63) is 79.2 Å². The average molecular weight is 647 g/mol. The number of piperazine rings is 1. The van der Waals surface area contributed by atoms with E-state index in [1.807, 2.05) is 6.08 Å². The van der Waals surface area contributed by atoms with Gasteiger partial charge in [-0.25, -0.2) is 4.98 Å². The summed E-state index contributed by atoms with van der Waals surface area (Å²) in [6, 6.07) is 3.47. The fraction of sp³-hybridized carbons (Fsp3) is 0.455. The number of ether oxygens (including phenoxy) is 1. The van der Waals surface area contributed by atoms with Crippen molar-refractivity contribution < 1.29 is 9.84 Å². The van der Waals surface area contributed by atoms with E-state index in [0.29, 0.717) is 40.2 Å². The molecule has 0 aromatic carbocycles. The number of fused-ring (bicyclic) bond motifs is 3. The van der Waals surface area contributed by atoms with Gasteiger partial charge in [-0.05, 0) is 54.5 Å². The van der Waals surface area contributed by atoms with Crippen LogP contribution in [0.25, 0.3) is 27.0 Å². The van der Waals surface area contributed by atoms with Gasteiger partial charge in [0.25, 0.3) is 11.1 Å². The molecule has 0 spiro atoms. The highest BCUT2D eigenvalue weighted by Gasteiger charge is 2.33. The molecule has 0 amide bonds. The summed E-state index contributed by atoms with van der Waals surface area (Å²) in [5, 5.41) is 22.7. The number of nitrogens with two attached hydrogens (primary N) is 1. The molecular formula is C33H42N8O4S. The van der Waals surface area contributed by atoms with E-state index in [4.69, 9.17) is 10.5 Å². The summed E-state index contributed by atoms with van der Waals surface area (Å²) >= 11 is 1.53. The average Bonchev–Trinajstić information content (AvgIpc) is 3.50. The van der Waals surface area contributed by atoms with Crippen LogP contribution < -0.4 is 27.5 Å².